The monoisotopic (exact) mass is 1450 g/mol. The molecule has 0 radical (unpaired) electrons. The summed E-state index contributed by atoms with van der Waals surface area (Å²) < 4.78 is 0. The molecule has 0 atom stereocenters. The smallest absolute Gasteiger partial charge is 0.255 e. The SMILES string of the molecule is CCN1CCC(=O)CC1.CCN1CCC(N)(C(N)=O)CC1.CCN1CCC2(CC1)N=CN(C)C2=O.CCN1CCC2(CC1)N=CNC2=O.CN1C=NC2(CCN(C(=O)c3ccc(C(=N)N)cc3)CC2)C1=O.CN1C=NC2(CCNCC2)C1=O.[C-]#[N+]c1ccc(C(=O)N2CCC3(CC2)N=CN(C)C3=O)cc1. The Bertz CT molecular complexity index is 3610. The number of nitrogens with zero attached hydrogens (tertiary/aromatic N) is 16. The Morgan fingerprint density at radius 3 is 1.08 bits per heavy atom. The van der Waals surface area contributed by atoms with Crippen molar-refractivity contribution in [2.24, 2.45) is 42.2 Å². The van der Waals surface area contributed by atoms with E-state index in [1.165, 1.54) is 9.80 Å². The lowest BCUT2D eigenvalue weighted by molar-refractivity contribution is -0.132. The van der Waals surface area contributed by atoms with Crippen LogP contribution in [0, 0.1) is 12.0 Å². The molecule has 0 aliphatic carbocycles. The second-order valence-electron chi connectivity index (χ2n) is 28.8. The molecule has 31 heteroatoms. The number of nitrogen functional groups attached to an aromatic ring is 1. The third kappa shape index (κ3) is 19.7. The van der Waals surface area contributed by atoms with Crippen LogP contribution in [0.3, 0.4) is 0 Å². The zero-order valence-electron chi connectivity index (χ0n) is 62.7. The fraction of sp³-hybridized carbons (Fsp3) is 0.622. The van der Waals surface area contributed by atoms with E-state index in [0.29, 0.717) is 92.9 Å². The van der Waals surface area contributed by atoms with Crippen molar-refractivity contribution in [3.05, 3.63) is 76.6 Å². The van der Waals surface area contributed by atoms with E-state index in [0.717, 1.165) is 143 Å². The normalized spacial score (nSPS) is 22.9. The number of aliphatic imine (C=N–C) groups is 5. The van der Waals surface area contributed by atoms with E-state index in [2.05, 4.69) is 87.7 Å². The van der Waals surface area contributed by atoms with Gasteiger partial charge in [0.1, 0.15) is 39.3 Å². The number of Topliss-reactive ketones (excluding diaryl/α,β-unsaturated/α-hetero) is 1. The maximum absolute atomic E-state index is 12.5. The number of nitrogens with two attached hydrogens (primary N) is 3. The van der Waals surface area contributed by atoms with Crippen molar-refractivity contribution in [3.8, 4) is 0 Å². The highest BCUT2D eigenvalue weighted by Gasteiger charge is 2.50. The Labute approximate surface area is 617 Å². The van der Waals surface area contributed by atoms with E-state index >= 15 is 0 Å². The number of ketones is 1. The summed E-state index contributed by atoms with van der Waals surface area (Å²) in [5.41, 5.74) is 15.4. The highest BCUT2D eigenvalue weighted by Crippen LogP contribution is 2.36. The van der Waals surface area contributed by atoms with E-state index in [9.17, 15) is 43.2 Å². The maximum Gasteiger partial charge on any atom is 0.255 e. The number of likely N-dealkylation sites (N-methyl/N-ethyl adjacent to an activating group) is 4. The first kappa shape index (κ1) is 81.6. The molecule has 0 saturated carbocycles. The molecule has 2 aromatic rings. The summed E-state index contributed by atoms with van der Waals surface area (Å²) in [4.78, 5) is 150. The Balaban J connectivity index is 0.000000158. The predicted molar refractivity (Wildman–Crippen MR) is 404 cm³/mol. The number of likely N-dealkylation sites (tertiary alicyclic amines) is 6. The van der Waals surface area contributed by atoms with Crippen LogP contribution < -0.4 is 27.8 Å². The van der Waals surface area contributed by atoms with Crippen molar-refractivity contribution < 1.29 is 43.2 Å². The van der Waals surface area contributed by atoms with Crippen LogP contribution >= 0.6 is 0 Å². The molecule has 31 nitrogen and oxygen atoms in total. The molecule has 0 bridgehead atoms. The first-order chi connectivity index (χ1) is 50.1. The third-order valence-corrected chi connectivity index (χ3v) is 22.4. The average molecular weight is 1450 g/mol. The molecule has 0 aromatic heterocycles. The van der Waals surface area contributed by atoms with Crippen molar-refractivity contribution in [1.82, 2.24) is 59.6 Å². The lowest BCUT2D eigenvalue weighted by atomic mass is 9.87. The van der Waals surface area contributed by atoms with Crippen LogP contribution in [0.2, 0.25) is 0 Å². The fourth-order valence-corrected chi connectivity index (χ4v) is 14.6. The van der Waals surface area contributed by atoms with E-state index in [4.69, 9.17) is 29.2 Å². The summed E-state index contributed by atoms with van der Waals surface area (Å²) in [5, 5.41) is 13.3. The van der Waals surface area contributed by atoms with Crippen LogP contribution in [0.4, 0.5) is 5.69 Å². The van der Waals surface area contributed by atoms with E-state index in [1.54, 1.807) is 128 Å². The number of nitrogens with one attached hydrogen (secondary N) is 3. The zero-order valence-corrected chi connectivity index (χ0v) is 62.7. The number of hydrogen-bond acceptors (Lipinski definition) is 21. The molecule has 12 aliphatic heterocycles. The first-order valence-electron chi connectivity index (χ1n) is 36.9. The summed E-state index contributed by atoms with van der Waals surface area (Å²) in [6.07, 6.45) is 18.3. The number of primary amides is 1. The number of amidine groups is 1. The summed E-state index contributed by atoms with van der Waals surface area (Å²) in [5.74, 6) is 0.354. The summed E-state index contributed by atoms with van der Waals surface area (Å²) in [7, 11) is 6.96. The Morgan fingerprint density at radius 1 is 0.457 bits per heavy atom. The van der Waals surface area contributed by atoms with E-state index in [-0.39, 0.29) is 53.1 Å². The Hall–Kier alpha value is -9.06. The summed E-state index contributed by atoms with van der Waals surface area (Å²) in [6.45, 7) is 31.3. The Kier molecular flexibility index (Phi) is 28.2. The molecular weight excluding hydrogens is 1340 g/mol. The number of piperidine rings is 7. The van der Waals surface area contributed by atoms with Gasteiger partial charge in [-0.25, -0.2) is 4.85 Å². The highest BCUT2D eigenvalue weighted by molar-refractivity contribution is 6.04. The molecule has 105 heavy (non-hydrogen) atoms. The summed E-state index contributed by atoms with van der Waals surface area (Å²) >= 11 is 0. The zero-order chi connectivity index (χ0) is 76.3. The number of benzene rings is 2. The van der Waals surface area contributed by atoms with E-state index in [1.807, 2.05) is 0 Å². The number of rotatable bonds is 8. The van der Waals surface area contributed by atoms with Crippen LogP contribution in [0.15, 0.2) is 73.5 Å². The van der Waals surface area contributed by atoms with Gasteiger partial charge in [0.25, 0.3) is 41.4 Å². The van der Waals surface area contributed by atoms with Gasteiger partial charge in [-0.1, -0.05) is 64.1 Å². The van der Waals surface area contributed by atoms with Gasteiger partial charge in [-0.05, 0) is 128 Å². The second-order valence-corrected chi connectivity index (χ2v) is 28.8. The molecule has 12 aliphatic rings. The topological polar surface area (TPSA) is 378 Å². The standard InChI is InChI=1S/C16H19N5O2.C16H16N4O2.C10H17N3O.C9H15N3O.C8H13N3O.C8H17N3O.C7H13NO/c1-20-10-19-16(15(20)23)6-8-21(9-7-16)14(22)12-4-2-11(3-5-12)13(17)18;1-17-13-5-3-12(4-6-13)14(21)20-9-7-16(8-10-20)15(22)19(2)11-18-16;1-3-13-6-4-10(5-7-13)9(14)12(2)8-11-10;1-2-12-5-3-9(4-6-12)8(13)10-7-11-9;1-11-6-10-8(7(11)12)2-4-9-5-3-8;1-2-11-5-3-8(10,4-6-11)7(9)12;1-2-8-5-3-7(9)4-6-8/h2-5,10H,6-9H2,1H3,(H3,17,18);3-6,11H,7-10H2,2H3;8H,3-7H2,1-2H3;7H,2-6H2,1H3,(H,10,11,13);6,9H,2-5H2,1H3;2-6,10H2,1H3,(H2,9,12);2-6H2,1H3. The number of carbonyl (C=O) groups is 9. The quantitative estimate of drug-likeness (QED) is 0.125. The molecule has 2 aromatic carbocycles. The van der Waals surface area contributed by atoms with Crippen LogP contribution in [0.1, 0.15) is 144 Å². The minimum Gasteiger partial charge on any atom is -0.384 e. The van der Waals surface area contributed by atoms with Gasteiger partial charge >= 0.3 is 0 Å². The van der Waals surface area contributed by atoms with Gasteiger partial charge in [-0.3, -0.25) is 73.5 Å². The van der Waals surface area contributed by atoms with Crippen LogP contribution in [-0.4, -0.2) is 319 Å². The number of amides is 8. The van der Waals surface area contributed by atoms with Gasteiger partial charge in [0.2, 0.25) is 5.91 Å². The molecular formula is C74H110N22O9. The molecule has 570 valence electrons. The third-order valence-electron chi connectivity index (χ3n) is 22.4. The average Bonchev–Trinajstić information content (AvgIpc) is 1.70. The van der Waals surface area contributed by atoms with Gasteiger partial charge in [0.15, 0.2) is 5.69 Å². The van der Waals surface area contributed by atoms with Gasteiger partial charge in [0, 0.05) is 136 Å². The van der Waals surface area contributed by atoms with Gasteiger partial charge < -0.3 is 76.8 Å². The van der Waals surface area contributed by atoms with Crippen molar-refractivity contribution in [3.63, 3.8) is 0 Å². The molecule has 7 saturated heterocycles. The van der Waals surface area contributed by atoms with E-state index < -0.39 is 33.2 Å². The van der Waals surface area contributed by atoms with Crippen molar-refractivity contribution in [2.75, 3.05) is 146 Å². The van der Waals surface area contributed by atoms with Crippen LogP contribution in [0.25, 0.3) is 4.85 Å². The lowest BCUT2D eigenvalue weighted by Gasteiger charge is -2.36. The number of hydrogen-bond donors (Lipinski definition) is 6. The minimum absolute atomic E-state index is 0.00964. The van der Waals surface area contributed by atoms with Gasteiger partial charge in [-0.15, -0.1) is 0 Å². The second kappa shape index (κ2) is 36.3. The van der Waals surface area contributed by atoms with Gasteiger partial charge in [0.05, 0.1) is 43.8 Å². The first-order valence-corrected chi connectivity index (χ1v) is 36.9. The van der Waals surface area contributed by atoms with Crippen LogP contribution in [-0.2, 0) is 33.6 Å². The molecule has 14 rings (SSSR count). The largest absolute Gasteiger partial charge is 0.384 e. The maximum atomic E-state index is 12.5. The fourth-order valence-electron chi connectivity index (χ4n) is 14.6. The van der Waals surface area contributed by atoms with Gasteiger partial charge in [-0.2, -0.15) is 0 Å². The highest BCUT2D eigenvalue weighted by atomic mass is 16.2. The summed E-state index contributed by atoms with van der Waals surface area (Å²) in [6, 6.07) is 13.3. The van der Waals surface area contributed by atoms with Crippen molar-refractivity contribution >= 4 is 96.3 Å². The van der Waals surface area contributed by atoms with Crippen LogP contribution in [0.5, 0.6) is 0 Å². The molecule has 9 N–H and O–H groups in total. The molecule has 5 spiro atoms. The minimum atomic E-state index is -0.744. The predicted octanol–water partition coefficient (Wildman–Crippen LogP) is 2.06. The molecule has 7 fully saturated rings. The molecule has 8 amide bonds. The van der Waals surface area contributed by atoms with Crippen molar-refractivity contribution in [1.29, 1.82) is 5.41 Å². The number of carbonyl (C=O) groups excluding carboxylic acids is 9. The van der Waals surface area contributed by atoms with Crippen molar-refractivity contribution in [2.45, 2.75) is 151 Å². The molecule has 0 unspecified atom stereocenters. The Morgan fingerprint density at radius 2 is 0.771 bits per heavy atom. The lowest BCUT2D eigenvalue weighted by Crippen LogP contribution is -2.58. The molecule has 12 heterocycles.